The molecule has 2 heterocycles. The SMILES string of the molecule is CNc1cc(Sc2nnc(C)n2C)nc(N)n1. The maximum Gasteiger partial charge on any atom is 0.223 e. The molecule has 0 saturated heterocycles. The summed E-state index contributed by atoms with van der Waals surface area (Å²) in [6.07, 6.45) is 0. The van der Waals surface area contributed by atoms with Crippen molar-refractivity contribution in [2.45, 2.75) is 17.1 Å². The third kappa shape index (κ3) is 2.47. The second kappa shape index (κ2) is 4.58. The first-order valence-electron chi connectivity index (χ1n) is 4.96. The Morgan fingerprint density at radius 3 is 2.71 bits per heavy atom. The fourth-order valence-electron chi connectivity index (χ4n) is 1.19. The van der Waals surface area contributed by atoms with Gasteiger partial charge in [-0.3, -0.25) is 0 Å². The van der Waals surface area contributed by atoms with Crippen LogP contribution in [-0.4, -0.2) is 31.8 Å². The lowest BCUT2D eigenvalue weighted by atomic mass is 10.6. The number of rotatable bonds is 3. The summed E-state index contributed by atoms with van der Waals surface area (Å²) in [5, 5.41) is 12.5. The van der Waals surface area contributed by atoms with E-state index in [1.165, 1.54) is 11.8 Å². The van der Waals surface area contributed by atoms with Crippen molar-refractivity contribution in [3.05, 3.63) is 11.9 Å². The molecular formula is C9H13N7S. The molecule has 8 heteroatoms. The molecule has 17 heavy (non-hydrogen) atoms. The molecule has 0 radical (unpaired) electrons. The molecule has 0 aliphatic heterocycles. The van der Waals surface area contributed by atoms with Crippen molar-refractivity contribution < 1.29 is 0 Å². The predicted octanol–water partition coefficient (Wildman–Crippen LogP) is 0.689. The Kier molecular flexibility index (Phi) is 3.14. The summed E-state index contributed by atoms with van der Waals surface area (Å²) in [7, 11) is 3.68. The molecule has 0 unspecified atom stereocenters. The van der Waals surface area contributed by atoms with Gasteiger partial charge in [0.25, 0.3) is 0 Å². The summed E-state index contributed by atoms with van der Waals surface area (Å²) in [6, 6.07) is 1.81. The fourth-order valence-corrected chi connectivity index (χ4v) is 2.04. The van der Waals surface area contributed by atoms with Crippen molar-refractivity contribution in [3.8, 4) is 0 Å². The molecule has 3 N–H and O–H groups in total. The second-order valence-electron chi connectivity index (χ2n) is 3.39. The van der Waals surface area contributed by atoms with Crippen molar-refractivity contribution in [3.63, 3.8) is 0 Å². The topological polar surface area (TPSA) is 94.5 Å². The summed E-state index contributed by atoms with van der Waals surface area (Å²) in [4.78, 5) is 8.16. The maximum atomic E-state index is 5.61. The number of aromatic nitrogens is 5. The van der Waals surface area contributed by atoms with Gasteiger partial charge in [-0.2, -0.15) is 4.98 Å². The first-order chi connectivity index (χ1) is 8.10. The minimum absolute atomic E-state index is 0.234. The summed E-state index contributed by atoms with van der Waals surface area (Å²) in [5.41, 5.74) is 5.61. The third-order valence-electron chi connectivity index (χ3n) is 2.22. The lowest BCUT2D eigenvalue weighted by Gasteiger charge is -2.04. The standard InChI is InChI=1S/C9H13N7S/c1-5-14-15-9(16(5)3)17-7-4-6(11-2)12-8(10)13-7/h4H,1-3H3,(H3,10,11,12,13). The minimum atomic E-state index is 0.234. The van der Waals surface area contributed by atoms with Crippen molar-refractivity contribution >= 4 is 23.5 Å². The van der Waals surface area contributed by atoms with Gasteiger partial charge in [-0.1, -0.05) is 0 Å². The zero-order valence-electron chi connectivity index (χ0n) is 9.80. The average Bonchev–Trinajstić information content (AvgIpc) is 2.60. The van der Waals surface area contributed by atoms with Gasteiger partial charge in [-0.05, 0) is 18.7 Å². The van der Waals surface area contributed by atoms with Crippen LogP contribution in [0.2, 0.25) is 0 Å². The highest BCUT2D eigenvalue weighted by Gasteiger charge is 2.09. The van der Waals surface area contributed by atoms with Crippen molar-refractivity contribution in [2.75, 3.05) is 18.1 Å². The highest BCUT2D eigenvalue weighted by Crippen LogP contribution is 2.26. The van der Waals surface area contributed by atoms with Crippen molar-refractivity contribution in [1.82, 2.24) is 24.7 Å². The number of hydrogen-bond donors (Lipinski definition) is 2. The molecule has 2 aromatic heterocycles. The van der Waals surface area contributed by atoms with Gasteiger partial charge in [0, 0.05) is 20.2 Å². The summed E-state index contributed by atoms with van der Waals surface area (Å²) in [6.45, 7) is 1.89. The van der Waals surface area contributed by atoms with E-state index in [1.54, 1.807) is 7.05 Å². The number of nitrogens with one attached hydrogen (secondary N) is 1. The first kappa shape index (κ1) is 11.6. The van der Waals surface area contributed by atoms with E-state index < -0.39 is 0 Å². The first-order valence-corrected chi connectivity index (χ1v) is 5.78. The average molecular weight is 251 g/mol. The van der Waals surface area contributed by atoms with E-state index >= 15 is 0 Å². The third-order valence-corrected chi connectivity index (χ3v) is 3.18. The molecule has 0 bridgehead atoms. The second-order valence-corrected chi connectivity index (χ2v) is 4.38. The van der Waals surface area contributed by atoms with Crippen LogP contribution in [0.3, 0.4) is 0 Å². The molecule has 0 spiro atoms. The summed E-state index contributed by atoms with van der Waals surface area (Å²) in [5.74, 6) is 1.76. The Hall–Kier alpha value is -1.83. The predicted molar refractivity (Wildman–Crippen MR) is 65.9 cm³/mol. The molecular weight excluding hydrogens is 238 g/mol. The van der Waals surface area contributed by atoms with E-state index in [1.807, 2.05) is 24.6 Å². The normalized spacial score (nSPS) is 10.5. The lowest BCUT2D eigenvalue weighted by Crippen LogP contribution is -2.01. The van der Waals surface area contributed by atoms with E-state index in [4.69, 9.17) is 5.73 Å². The Morgan fingerprint density at radius 1 is 1.35 bits per heavy atom. The molecule has 0 amide bonds. The number of aryl methyl sites for hydroxylation is 1. The number of nitrogen functional groups attached to an aromatic ring is 1. The van der Waals surface area contributed by atoms with Gasteiger partial charge in [0.05, 0.1) is 0 Å². The van der Waals surface area contributed by atoms with Crippen LogP contribution in [-0.2, 0) is 7.05 Å². The summed E-state index contributed by atoms with van der Waals surface area (Å²) >= 11 is 1.40. The van der Waals surface area contributed by atoms with E-state index in [0.29, 0.717) is 5.82 Å². The van der Waals surface area contributed by atoms with E-state index in [2.05, 4.69) is 25.5 Å². The van der Waals surface area contributed by atoms with Crippen molar-refractivity contribution in [1.29, 1.82) is 0 Å². The van der Waals surface area contributed by atoms with Crippen LogP contribution in [0, 0.1) is 6.92 Å². The molecule has 2 aromatic rings. The molecule has 2 rings (SSSR count). The van der Waals surface area contributed by atoms with E-state index in [9.17, 15) is 0 Å². The van der Waals surface area contributed by atoms with E-state index in [-0.39, 0.29) is 5.95 Å². The van der Waals surface area contributed by atoms with Gasteiger partial charge in [0.1, 0.15) is 16.7 Å². The van der Waals surface area contributed by atoms with Gasteiger partial charge in [0.15, 0.2) is 5.16 Å². The Bertz CT molecular complexity index is 536. The van der Waals surface area contributed by atoms with Gasteiger partial charge in [0.2, 0.25) is 5.95 Å². The molecule has 0 aliphatic carbocycles. The number of nitrogens with two attached hydrogens (primary N) is 1. The van der Waals surface area contributed by atoms with Gasteiger partial charge >= 0.3 is 0 Å². The van der Waals surface area contributed by atoms with E-state index in [0.717, 1.165) is 16.0 Å². The highest BCUT2D eigenvalue weighted by molar-refractivity contribution is 7.99. The van der Waals surface area contributed by atoms with Gasteiger partial charge < -0.3 is 15.6 Å². The molecule has 0 fully saturated rings. The number of anilines is 2. The van der Waals surface area contributed by atoms with Gasteiger partial charge in [-0.15, -0.1) is 10.2 Å². The van der Waals surface area contributed by atoms with Crippen LogP contribution in [0.5, 0.6) is 0 Å². The van der Waals surface area contributed by atoms with Crippen LogP contribution in [0.15, 0.2) is 16.2 Å². The minimum Gasteiger partial charge on any atom is -0.373 e. The van der Waals surface area contributed by atoms with Crippen LogP contribution in [0.25, 0.3) is 0 Å². The quantitative estimate of drug-likeness (QED) is 0.775. The van der Waals surface area contributed by atoms with Gasteiger partial charge in [-0.25, -0.2) is 4.98 Å². The maximum absolute atomic E-state index is 5.61. The zero-order chi connectivity index (χ0) is 12.4. The smallest absolute Gasteiger partial charge is 0.223 e. The van der Waals surface area contributed by atoms with Crippen LogP contribution in [0.4, 0.5) is 11.8 Å². The highest BCUT2D eigenvalue weighted by atomic mass is 32.2. The van der Waals surface area contributed by atoms with Crippen molar-refractivity contribution in [2.24, 2.45) is 7.05 Å². The Morgan fingerprint density at radius 2 is 2.12 bits per heavy atom. The van der Waals surface area contributed by atoms with Crippen LogP contribution >= 0.6 is 11.8 Å². The van der Waals surface area contributed by atoms with Crippen LogP contribution in [0.1, 0.15) is 5.82 Å². The zero-order valence-corrected chi connectivity index (χ0v) is 10.6. The number of nitrogens with zero attached hydrogens (tertiary/aromatic N) is 5. The Balaban J connectivity index is 2.29. The molecule has 7 nitrogen and oxygen atoms in total. The largest absolute Gasteiger partial charge is 0.373 e. The number of hydrogen-bond acceptors (Lipinski definition) is 7. The molecule has 0 aliphatic rings. The molecule has 0 saturated carbocycles. The monoisotopic (exact) mass is 251 g/mol. The molecule has 0 aromatic carbocycles. The molecule has 90 valence electrons. The fraction of sp³-hybridized carbons (Fsp3) is 0.333. The summed E-state index contributed by atoms with van der Waals surface area (Å²) < 4.78 is 1.89. The molecule has 0 atom stereocenters. The van der Waals surface area contributed by atoms with Crippen LogP contribution < -0.4 is 11.1 Å². The Labute approximate surface area is 103 Å². The lowest BCUT2D eigenvalue weighted by molar-refractivity contribution is 0.764.